The smallest absolute Gasteiger partial charge is 0.336 e. The fourth-order valence-corrected chi connectivity index (χ4v) is 12.3. The minimum atomic E-state index is -2.05. The summed E-state index contributed by atoms with van der Waals surface area (Å²) in [6.45, 7) is 4.94. The van der Waals surface area contributed by atoms with Crippen LogP contribution in [0.3, 0.4) is 0 Å². The van der Waals surface area contributed by atoms with Gasteiger partial charge in [0.1, 0.15) is 19.2 Å². The summed E-state index contributed by atoms with van der Waals surface area (Å²) in [5.74, 6) is 0. The van der Waals surface area contributed by atoms with Crippen molar-refractivity contribution < 1.29 is 8.83 Å². The molecule has 0 radical (unpaired) electrons. The summed E-state index contributed by atoms with van der Waals surface area (Å²) < 4.78 is 16.3. The highest BCUT2D eigenvalue weighted by Crippen LogP contribution is 2.51. The van der Waals surface area contributed by atoms with Crippen LogP contribution in [0, 0.1) is 0 Å². The Kier molecular flexibility index (Phi) is 3.98. The number of aromatic nitrogens is 1. The maximum Gasteiger partial charge on any atom is 0.336 e. The summed E-state index contributed by atoms with van der Waals surface area (Å²) in [6.07, 6.45) is 0. The van der Waals surface area contributed by atoms with E-state index in [-0.39, 0.29) is 6.85 Å². The summed E-state index contributed by atoms with van der Waals surface area (Å²) >= 11 is 0. The fourth-order valence-electron chi connectivity index (χ4n) is 9.27. The maximum absolute atomic E-state index is 6.92. The van der Waals surface area contributed by atoms with Crippen molar-refractivity contribution in [1.82, 2.24) is 4.48 Å². The Labute approximate surface area is 265 Å². The molecule has 0 bridgehead atoms. The van der Waals surface area contributed by atoms with E-state index in [1.165, 1.54) is 65.5 Å². The van der Waals surface area contributed by atoms with Crippen LogP contribution in [0.2, 0.25) is 13.1 Å². The number of rotatable bonds is 0. The zero-order chi connectivity index (χ0) is 30.1. The minimum Gasteiger partial charge on any atom is -0.454 e. The van der Waals surface area contributed by atoms with Crippen LogP contribution in [0.25, 0.3) is 66.0 Å². The lowest BCUT2D eigenvalue weighted by Crippen LogP contribution is -2.65. The quantitative estimate of drug-likeness (QED) is 0.165. The zero-order valence-electron chi connectivity index (χ0n) is 25.3. The SMILES string of the molecule is C[Si]1(C)c2ccccc2N2c3c(cccc31)B1c3c(cc4c(oc5ccccc54)c32)-c2cccc3c4c5ccccc5oc4n1c23. The van der Waals surface area contributed by atoms with Crippen LogP contribution < -0.4 is 26.2 Å². The third kappa shape index (κ3) is 2.50. The van der Waals surface area contributed by atoms with Crippen LogP contribution in [-0.4, -0.2) is 19.4 Å². The largest absolute Gasteiger partial charge is 0.454 e. The fraction of sp³-hybridized carbons (Fsp3) is 0.0500. The van der Waals surface area contributed by atoms with Gasteiger partial charge in [-0.15, -0.1) is 0 Å². The normalized spacial score (nSPS) is 15.3. The van der Waals surface area contributed by atoms with E-state index in [4.69, 9.17) is 8.83 Å². The van der Waals surface area contributed by atoms with Crippen molar-refractivity contribution in [3.05, 3.63) is 115 Å². The molecule has 6 aromatic carbocycles. The molecule has 46 heavy (non-hydrogen) atoms. The number of hydrogen-bond donors (Lipinski definition) is 0. The Hall–Kier alpha value is -5.46. The number of anilines is 3. The van der Waals surface area contributed by atoms with Crippen LogP contribution in [0.15, 0.2) is 124 Å². The van der Waals surface area contributed by atoms with Crippen molar-refractivity contribution in [3.8, 4) is 11.1 Å². The monoisotopic (exact) mass is 604 g/mol. The molecule has 0 aliphatic carbocycles. The molecule has 6 heterocycles. The molecule has 0 amide bonds. The molecular formula is C40H25BN2O2Si. The van der Waals surface area contributed by atoms with E-state index in [1.807, 2.05) is 0 Å². The number of fused-ring (bicyclic) bond motifs is 15. The second-order valence-corrected chi connectivity index (χ2v) is 18.0. The van der Waals surface area contributed by atoms with Crippen molar-refractivity contribution in [2.75, 3.05) is 4.90 Å². The van der Waals surface area contributed by atoms with Gasteiger partial charge in [-0.25, -0.2) is 0 Å². The number of nitrogens with zero attached hydrogens (tertiary/aromatic N) is 2. The van der Waals surface area contributed by atoms with Crippen LogP contribution in [0.5, 0.6) is 0 Å². The zero-order valence-corrected chi connectivity index (χ0v) is 26.3. The lowest BCUT2D eigenvalue weighted by atomic mass is 9.45. The van der Waals surface area contributed by atoms with Crippen molar-refractivity contribution in [2.24, 2.45) is 0 Å². The summed E-state index contributed by atoms with van der Waals surface area (Å²) in [5.41, 5.74) is 13.9. The molecule has 0 atom stereocenters. The van der Waals surface area contributed by atoms with Crippen molar-refractivity contribution >= 4 is 108 Å². The Balaban J connectivity index is 1.36. The first-order valence-corrected chi connectivity index (χ1v) is 19.1. The predicted octanol–water partition coefficient (Wildman–Crippen LogP) is 7.99. The van der Waals surface area contributed by atoms with Crippen molar-refractivity contribution in [1.29, 1.82) is 0 Å². The molecular weight excluding hydrogens is 579 g/mol. The van der Waals surface area contributed by atoms with Crippen LogP contribution >= 0.6 is 0 Å². The van der Waals surface area contributed by atoms with Gasteiger partial charge in [-0.2, -0.15) is 0 Å². The second-order valence-electron chi connectivity index (χ2n) is 13.6. The number of para-hydroxylation sites is 5. The average Bonchev–Trinajstić information content (AvgIpc) is 3.75. The topological polar surface area (TPSA) is 34.5 Å². The van der Waals surface area contributed by atoms with E-state index in [0.29, 0.717) is 0 Å². The van der Waals surface area contributed by atoms with Gasteiger partial charge in [-0.1, -0.05) is 104 Å². The van der Waals surface area contributed by atoms with E-state index < -0.39 is 8.07 Å². The highest BCUT2D eigenvalue weighted by atomic mass is 28.3. The van der Waals surface area contributed by atoms with Crippen LogP contribution in [0.4, 0.5) is 17.1 Å². The van der Waals surface area contributed by atoms with E-state index in [9.17, 15) is 0 Å². The van der Waals surface area contributed by atoms with Crippen molar-refractivity contribution in [3.63, 3.8) is 0 Å². The molecule has 0 spiro atoms. The van der Waals surface area contributed by atoms with Crippen molar-refractivity contribution in [2.45, 2.75) is 13.1 Å². The van der Waals surface area contributed by atoms with E-state index in [2.05, 4.69) is 138 Å². The van der Waals surface area contributed by atoms with Crippen LogP contribution in [0.1, 0.15) is 0 Å². The third-order valence-electron chi connectivity index (χ3n) is 11.1. The molecule has 214 valence electrons. The lowest BCUT2D eigenvalue weighted by molar-refractivity contribution is 0.650. The van der Waals surface area contributed by atoms with Gasteiger partial charge in [-0.3, -0.25) is 0 Å². The molecule has 9 aromatic rings. The molecule has 6 heteroatoms. The minimum absolute atomic E-state index is 0.0701. The van der Waals surface area contributed by atoms with Gasteiger partial charge < -0.3 is 18.2 Å². The molecule has 0 saturated heterocycles. The average molecular weight is 605 g/mol. The standard InChI is InChI=1S/C40H25BN2O2Si/c1-46(2)32-19-8-5-16-29(32)42-37-28(15-10-20-33(37)46)41-35-26(21-27-22-11-3-6-17-30(22)44-39(27)38(35)42)23-13-9-14-25-34-24-12-4-7-18-31(24)45-40(34)43(41)36(23)25/h3-21H,1-2H3. The van der Waals surface area contributed by atoms with E-state index in [1.54, 1.807) is 0 Å². The van der Waals surface area contributed by atoms with Gasteiger partial charge in [0.05, 0.1) is 11.1 Å². The van der Waals surface area contributed by atoms with E-state index >= 15 is 0 Å². The molecule has 3 aliphatic heterocycles. The first-order chi connectivity index (χ1) is 22.6. The molecule has 0 saturated carbocycles. The molecule has 0 fully saturated rings. The molecule has 3 aliphatic rings. The third-order valence-corrected chi connectivity index (χ3v) is 14.7. The molecule has 3 aromatic heterocycles. The molecule has 12 rings (SSSR count). The molecule has 0 N–H and O–H groups in total. The first kappa shape index (κ1) is 23.9. The van der Waals surface area contributed by atoms with E-state index in [0.717, 1.165) is 38.9 Å². The maximum atomic E-state index is 6.92. The summed E-state index contributed by atoms with van der Waals surface area (Å²) in [7, 11) is -2.05. The summed E-state index contributed by atoms with van der Waals surface area (Å²) in [6, 6.07) is 42.3. The van der Waals surface area contributed by atoms with Gasteiger partial charge in [-0.05, 0) is 51.1 Å². The Morgan fingerprint density at radius 3 is 2.22 bits per heavy atom. The highest BCUT2D eigenvalue weighted by Gasteiger charge is 2.50. The Morgan fingerprint density at radius 2 is 1.33 bits per heavy atom. The first-order valence-electron chi connectivity index (χ1n) is 16.1. The predicted molar refractivity (Wildman–Crippen MR) is 194 cm³/mol. The summed E-state index contributed by atoms with van der Waals surface area (Å²) in [4.78, 5) is 2.56. The lowest BCUT2D eigenvalue weighted by Gasteiger charge is -2.47. The highest BCUT2D eigenvalue weighted by molar-refractivity contribution is 7.04. The number of furan rings is 2. The summed E-state index contributed by atoms with van der Waals surface area (Å²) in [5, 5.41) is 8.85. The van der Waals surface area contributed by atoms with Gasteiger partial charge >= 0.3 is 6.85 Å². The molecule has 4 nitrogen and oxygen atoms in total. The van der Waals surface area contributed by atoms with Crippen LogP contribution in [-0.2, 0) is 0 Å². The Morgan fingerprint density at radius 1 is 0.609 bits per heavy atom. The number of benzene rings is 6. The Bertz CT molecular complexity index is 2870. The second kappa shape index (κ2) is 7.66. The van der Waals surface area contributed by atoms with Gasteiger partial charge in [0.15, 0.2) is 11.3 Å². The molecule has 0 unspecified atom stereocenters. The van der Waals surface area contributed by atoms with Gasteiger partial charge in [0.25, 0.3) is 0 Å². The number of hydrogen-bond acceptors (Lipinski definition) is 3. The van der Waals surface area contributed by atoms with Gasteiger partial charge in [0.2, 0.25) is 0 Å². The van der Waals surface area contributed by atoms with Gasteiger partial charge in [0, 0.05) is 44.0 Å².